The predicted octanol–water partition coefficient (Wildman–Crippen LogP) is 4.68. The molecule has 2 aliphatic heterocycles. The van der Waals surface area contributed by atoms with E-state index in [0.29, 0.717) is 24.4 Å². The lowest BCUT2D eigenvalue weighted by atomic mass is 9.86. The summed E-state index contributed by atoms with van der Waals surface area (Å²) in [6.07, 6.45) is 13.0. The van der Waals surface area contributed by atoms with E-state index in [1.54, 1.807) is 0 Å². The lowest BCUT2D eigenvalue weighted by Gasteiger charge is -2.42. The van der Waals surface area contributed by atoms with Crippen LogP contribution in [0.15, 0.2) is 0 Å². The topological polar surface area (TPSA) is 105 Å². The minimum atomic E-state index is -1.15. The first-order valence-corrected chi connectivity index (χ1v) is 15.0. The Hall–Kier alpha value is -1.54. The van der Waals surface area contributed by atoms with Crippen molar-refractivity contribution in [3.8, 4) is 0 Å². The third-order valence-corrected chi connectivity index (χ3v) is 7.89. The van der Waals surface area contributed by atoms with E-state index in [2.05, 4.69) is 43.2 Å². The van der Waals surface area contributed by atoms with Gasteiger partial charge in [-0.05, 0) is 82.2 Å². The largest absolute Gasteiger partial charge is 0.530 e. The van der Waals surface area contributed by atoms with E-state index in [1.807, 2.05) is 0 Å². The van der Waals surface area contributed by atoms with E-state index in [9.17, 15) is 14.7 Å². The molecule has 0 saturated carbocycles. The second kappa shape index (κ2) is 18.7. The molecule has 8 nitrogen and oxygen atoms in total. The van der Waals surface area contributed by atoms with E-state index in [4.69, 9.17) is 5.11 Å². The molecule has 37 heavy (non-hydrogen) atoms. The van der Waals surface area contributed by atoms with Gasteiger partial charge in [-0.25, -0.2) is 4.79 Å². The Kier molecular flexibility index (Phi) is 16.9. The SMILES string of the molecule is CC(C)(C)CC[C@@H](CNC(=O)O)CN1CCCCC1.CCCCC[N+]1(CCCNC(=O)[O-])CCCCC1. The van der Waals surface area contributed by atoms with Crippen LogP contribution in [-0.2, 0) is 0 Å². The minimum absolute atomic E-state index is 0.323. The smallest absolute Gasteiger partial charge is 0.404 e. The van der Waals surface area contributed by atoms with Crippen molar-refractivity contribution in [2.75, 3.05) is 58.9 Å². The number of carbonyl (C=O) groups is 2. The first-order valence-electron chi connectivity index (χ1n) is 15.0. The van der Waals surface area contributed by atoms with Gasteiger partial charge in [0.15, 0.2) is 0 Å². The fraction of sp³-hybridized carbons (Fsp3) is 0.931. The number of unbranched alkanes of at least 4 members (excludes halogenated alkanes) is 2. The summed E-state index contributed by atoms with van der Waals surface area (Å²) in [5, 5.41) is 24.0. The molecule has 8 heteroatoms. The number of hydrogen-bond acceptors (Lipinski definition) is 4. The van der Waals surface area contributed by atoms with E-state index in [-0.39, 0.29) is 0 Å². The maximum Gasteiger partial charge on any atom is 0.404 e. The second-order valence-corrected chi connectivity index (χ2v) is 12.6. The standard InChI is InChI=1S/C15H30N2O2.C14H28N2O2/c1-15(2,3)8-7-13(11-16-14(18)19)12-17-9-5-4-6-10-17;1-2-3-5-10-16(11-6-4-7-12-16)13-8-9-15-14(17)18/h13,16H,4-12H2,1-3H3,(H,18,19);15H,2-13H2,1H3/t13-;/m0./s1. The van der Waals surface area contributed by atoms with Crippen LogP contribution in [0.2, 0.25) is 0 Å². The van der Waals surface area contributed by atoms with Crippen molar-refractivity contribution in [3.63, 3.8) is 0 Å². The van der Waals surface area contributed by atoms with Gasteiger partial charge in [0.2, 0.25) is 0 Å². The summed E-state index contributed by atoms with van der Waals surface area (Å²) in [5.74, 6) is 0.438. The van der Waals surface area contributed by atoms with Gasteiger partial charge in [-0.3, -0.25) is 0 Å². The molecule has 2 fully saturated rings. The van der Waals surface area contributed by atoms with Crippen molar-refractivity contribution in [1.82, 2.24) is 15.5 Å². The van der Waals surface area contributed by atoms with Gasteiger partial charge in [-0.1, -0.05) is 40.5 Å². The maximum atomic E-state index is 10.7. The molecule has 0 aromatic heterocycles. The summed E-state index contributed by atoms with van der Waals surface area (Å²) < 4.78 is 1.22. The Labute approximate surface area is 227 Å². The molecule has 2 rings (SSSR count). The van der Waals surface area contributed by atoms with Crippen molar-refractivity contribution in [2.45, 2.75) is 105 Å². The molecule has 2 saturated heterocycles. The summed E-state index contributed by atoms with van der Waals surface area (Å²) >= 11 is 0. The van der Waals surface area contributed by atoms with Crippen LogP contribution in [0.4, 0.5) is 9.59 Å². The van der Waals surface area contributed by atoms with Gasteiger partial charge < -0.3 is 35.0 Å². The van der Waals surface area contributed by atoms with Gasteiger partial charge >= 0.3 is 6.09 Å². The molecule has 3 N–H and O–H groups in total. The van der Waals surface area contributed by atoms with Gasteiger partial charge in [0.05, 0.1) is 26.2 Å². The molecular weight excluding hydrogens is 468 g/mol. The fourth-order valence-corrected chi connectivity index (χ4v) is 5.68. The molecule has 0 aromatic carbocycles. The first kappa shape index (κ1) is 33.5. The van der Waals surface area contributed by atoms with Gasteiger partial charge in [0, 0.05) is 26.1 Å². The highest BCUT2D eigenvalue weighted by atomic mass is 16.4. The molecule has 2 aliphatic rings. The highest BCUT2D eigenvalue weighted by Gasteiger charge is 2.28. The number of quaternary nitrogens is 1. The molecule has 2 heterocycles. The zero-order valence-electron chi connectivity index (χ0n) is 24.5. The maximum absolute atomic E-state index is 10.7. The normalized spacial score (nSPS) is 18.8. The van der Waals surface area contributed by atoms with Crippen molar-refractivity contribution < 1.29 is 24.3 Å². The molecule has 0 aromatic rings. The van der Waals surface area contributed by atoms with E-state index in [1.165, 1.54) is 95.0 Å². The lowest BCUT2D eigenvalue weighted by molar-refractivity contribution is -0.932. The summed E-state index contributed by atoms with van der Waals surface area (Å²) in [6.45, 7) is 18.5. The number of hydrogen-bond donors (Lipinski definition) is 3. The molecule has 0 bridgehead atoms. The number of likely N-dealkylation sites (tertiary alicyclic amines) is 2. The quantitative estimate of drug-likeness (QED) is 0.225. The van der Waals surface area contributed by atoms with Crippen LogP contribution in [0.5, 0.6) is 0 Å². The summed E-state index contributed by atoms with van der Waals surface area (Å²) in [4.78, 5) is 23.5. The van der Waals surface area contributed by atoms with Gasteiger partial charge in [0.25, 0.3) is 0 Å². The average Bonchev–Trinajstić information content (AvgIpc) is 2.85. The van der Waals surface area contributed by atoms with Crippen LogP contribution in [0.1, 0.15) is 105 Å². The molecule has 0 radical (unpaired) electrons. The van der Waals surface area contributed by atoms with Crippen LogP contribution < -0.4 is 15.7 Å². The van der Waals surface area contributed by atoms with E-state index >= 15 is 0 Å². The Bertz CT molecular complexity index is 612. The summed E-state index contributed by atoms with van der Waals surface area (Å²) in [7, 11) is 0. The van der Waals surface area contributed by atoms with Crippen LogP contribution in [-0.4, -0.2) is 85.6 Å². The zero-order valence-corrected chi connectivity index (χ0v) is 24.5. The number of piperidine rings is 2. The predicted molar refractivity (Wildman–Crippen MR) is 150 cm³/mol. The molecule has 2 amide bonds. The van der Waals surface area contributed by atoms with Crippen molar-refractivity contribution >= 4 is 12.2 Å². The third kappa shape index (κ3) is 17.6. The number of carbonyl (C=O) groups excluding carboxylic acids is 1. The molecule has 218 valence electrons. The van der Waals surface area contributed by atoms with Crippen LogP contribution in [0.3, 0.4) is 0 Å². The molecular formula is C29H58N4O4. The highest BCUT2D eigenvalue weighted by molar-refractivity contribution is 5.64. The van der Waals surface area contributed by atoms with Crippen molar-refractivity contribution in [2.24, 2.45) is 11.3 Å². The van der Waals surface area contributed by atoms with E-state index < -0.39 is 12.2 Å². The van der Waals surface area contributed by atoms with E-state index in [0.717, 1.165) is 32.4 Å². The number of carboxylic acid groups (broad SMARTS) is 2. The fourth-order valence-electron chi connectivity index (χ4n) is 5.68. The van der Waals surface area contributed by atoms with Gasteiger partial charge in [0.1, 0.15) is 6.09 Å². The first-order chi connectivity index (χ1) is 17.6. The number of nitrogens with one attached hydrogen (secondary N) is 2. The van der Waals surface area contributed by atoms with Crippen molar-refractivity contribution in [3.05, 3.63) is 0 Å². The van der Waals surface area contributed by atoms with Gasteiger partial charge in [-0.15, -0.1) is 0 Å². The van der Waals surface area contributed by atoms with Crippen LogP contribution >= 0.6 is 0 Å². The Morgan fingerprint density at radius 2 is 1.57 bits per heavy atom. The lowest BCUT2D eigenvalue weighted by Crippen LogP contribution is -2.53. The average molecular weight is 527 g/mol. The molecule has 0 spiro atoms. The summed E-state index contributed by atoms with van der Waals surface area (Å²) in [6, 6.07) is 0. The Balaban J connectivity index is 0.000000371. The Morgan fingerprint density at radius 1 is 0.946 bits per heavy atom. The van der Waals surface area contributed by atoms with Crippen LogP contribution in [0.25, 0.3) is 0 Å². The third-order valence-electron chi connectivity index (χ3n) is 7.89. The zero-order chi connectivity index (χ0) is 27.6. The second-order valence-electron chi connectivity index (χ2n) is 12.6. The number of amides is 2. The van der Waals surface area contributed by atoms with Crippen molar-refractivity contribution in [1.29, 1.82) is 0 Å². The number of rotatable bonds is 14. The number of nitrogens with zero attached hydrogens (tertiary/aromatic N) is 2. The Morgan fingerprint density at radius 3 is 2.14 bits per heavy atom. The molecule has 0 unspecified atom stereocenters. The molecule has 0 aliphatic carbocycles. The minimum Gasteiger partial charge on any atom is -0.530 e. The summed E-state index contributed by atoms with van der Waals surface area (Å²) in [5.41, 5.74) is 0.323. The van der Waals surface area contributed by atoms with Crippen LogP contribution in [0, 0.1) is 11.3 Å². The highest BCUT2D eigenvalue weighted by Crippen LogP contribution is 2.25. The monoisotopic (exact) mass is 526 g/mol. The molecule has 1 atom stereocenters. The van der Waals surface area contributed by atoms with Gasteiger partial charge in [-0.2, -0.15) is 0 Å².